The van der Waals surface area contributed by atoms with Crippen molar-refractivity contribution in [2.45, 2.75) is 20.3 Å². The van der Waals surface area contributed by atoms with Crippen molar-refractivity contribution in [1.82, 2.24) is 20.1 Å². The van der Waals surface area contributed by atoms with E-state index in [-0.39, 0.29) is 0 Å². The molecular formula is C13H12N4OS. The highest BCUT2D eigenvalue weighted by atomic mass is 32.1. The maximum absolute atomic E-state index is 5.28. The molecule has 3 aromatic heterocycles. The van der Waals surface area contributed by atoms with E-state index in [1.807, 2.05) is 26.0 Å². The molecule has 0 atom stereocenters. The first-order valence-electron chi connectivity index (χ1n) is 5.88. The maximum Gasteiger partial charge on any atom is 0.232 e. The molecule has 3 aromatic rings. The number of pyridine rings is 1. The first-order valence-corrected chi connectivity index (χ1v) is 6.70. The molecule has 0 aliphatic carbocycles. The predicted octanol–water partition coefficient (Wildman–Crippen LogP) is 2.80. The van der Waals surface area contributed by atoms with E-state index in [1.165, 1.54) is 4.88 Å². The Morgan fingerprint density at radius 2 is 1.95 bits per heavy atom. The molecule has 0 saturated heterocycles. The second-order valence-corrected chi connectivity index (χ2v) is 5.45. The van der Waals surface area contributed by atoms with Gasteiger partial charge in [-0.05, 0) is 26.0 Å². The molecule has 0 radical (unpaired) electrons. The number of nitrogens with zero attached hydrogens (tertiary/aromatic N) is 4. The quantitative estimate of drug-likeness (QED) is 0.733. The van der Waals surface area contributed by atoms with E-state index in [9.17, 15) is 0 Å². The molecule has 3 heterocycles. The van der Waals surface area contributed by atoms with Gasteiger partial charge in [0.1, 0.15) is 0 Å². The van der Waals surface area contributed by atoms with Gasteiger partial charge in [-0.2, -0.15) is 4.98 Å². The Labute approximate surface area is 114 Å². The molecule has 0 N–H and O–H groups in total. The molecule has 5 nitrogen and oxygen atoms in total. The van der Waals surface area contributed by atoms with Gasteiger partial charge in [-0.15, -0.1) is 11.3 Å². The molecular weight excluding hydrogens is 260 g/mol. The second kappa shape index (κ2) is 4.89. The van der Waals surface area contributed by atoms with Gasteiger partial charge in [-0.1, -0.05) is 5.16 Å². The summed E-state index contributed by atoms with van der Waals surface area (Å²) in [5.41, 5.74) is 1.94. The number of hydrogen-bond donors (Lipinski definition) is 0. The Bertz CT molecular complexity index is 690. The van der Waals surface area contributed by atoms with Crippen LogP contribution in [0.5, 0.6) is 0 Å². The molecule has 6 heteroatoms. The minimum atomic E-state index is 0.594. The normalized spacial score (nSPS) is 10.8. The van der Waals surface area contributed by atoms with Crippen LogP contribution in [0, 0.1) is 13.8 Å². The largest absolute Gasteiger partial charge is 0.339 e. The average Bonchev–Trinajstić information content (AvgIpc) is 2.99. The van der Waals surface area contributed by atoms with Crippen molar-refractivity contribution in [2.75, 3.05) is 0 Å². The number of rotatable bonds is 3. The summed E-state index contributed by atoms with van der Waals surface area (Å²) in [5, 5.41) is 5.05. The lowest BCUT2D eigenvalue weighted by atomic mass is 10.2. The van der Waals surface area contributed by atoms with Crippen LogP contribution in [-0.4, -0.2) is 20.1 Å². The predicted molar refractivity (Wildman–Crippen MR) is 71.9 cm³/mol. The van der Waals surface area contributed by atoms with Crippen molar-refractivity contribution in [1.29, 1.82) is 0 Å². The molecule has 0 amide bonds. The fourth-order valence-corrected chi connectivity index (χ4v) is 2.75. The Morgan fingerprint density at radius 1 is 1.16 bits per heavy atom. The summed E-state index contributed by atoms with van der Waals surface area (Å²) >= 11 is 1.67. The van der Waals surface area contributed by atoms with Crippen LogP contribution in [0.4, 0.5) is 0 Å². The summed E-state index contributed by atoms with van der Waals surface area (Å²) in [4.78, 5) is 13.9. The maximum atomic E-state index is 5.28. The summed E-state index contributed by atoms with van der Waals surface area (Å²) in [6.45, 7) is 4.00. The monoisotopic (exact) mass is 272 g/mol. The van der Waals surface area contributed by atoms with Crippen LogP contribution in [0.2, 0.25) is 0 Å². The molecule has 96 valence electrons. The molecule has 0 aliphatic heterocycles. The zero-order valence-electron chi connectivity index (χ0n) is 10.6. The number of hydrogen-bond acceptors (Lipinski definition) is 6. The van der Waals surface area contributed by atoms with Crippen LogP contribution in [0.25, 0.3) is 11.4 Å². The SMILES string of the molecule is Cc1nc(C)c(Cc2nc(-c3ccncc3)no2)s1. The van der Waals surface area contributed by atoms with Crippen molar-refractivity contribution in [3.05, 3.63) is 46.0 Å². The summed E-state index contributed by atoms with van der Waals surface area (Å²) < 4.78 is 5.28. The standard InChI is InChI=1S/C13H12N4OS/c1-8-11(19-9(2)15-8)7-12-16-13(17-18-12)10-3-5-14-6-4-10/h3-6H,7H2,1-2H3. The molecule has 3 rings (SSSR count). The highest BCUT2D eigenvalue weighted by Crippen LogP contribution is 2.21. The topological polar surface area (TPSA) is 64.7 Å². The first kappa shape index (κ1) is 12.0. The van der Waals surface area contributed by atoms with Gasteiger partial charge in [0.2, 0.25) is 11.7 Å². The lowest BCUT2D eigenvalue weighted by molar-refractivity contribution is 0.386. The number of aryl methyl sites for hydroxylation is 2. The molecule has 0 fully saturated rings. The average molecular weight is 272 g/mol. The third kappa shape index (κ3) is 2.53. The lowest BCUT2D eigenvalue weighted by Gasteiger charge is -1.92. The van der Waals surface area contributed by atoms with Gasteiger partial charge in [0.05, 0.1) is 17.1 Å². The van der Waals surface area contributed by atoms with E-state index in [0.29, 0.717) is 18.1 Å². The molecule has 19 heavy (non-hydrogen) atoms. The first-order chi connectivity index (χ1) is 9.22. The van der Waals surface area contributed by atoms with Gasteiger partial charge < -0.3 is 4.52 Å². The van der Waals surface area contributed by atoms with Crippen LogP contribution >= 0.6 is 11.3 Å². The molecule has 0 unspecified atom stereocenters. The van der Waals surface area contributed by atoms with E-state index >= 15 is 0 Å². The highest BCUT2D eigenvalue weighted by Gasteiger charge is 2.12. The van der Waals surface area contributed by atoms with Gasteiger partial charge in [0.25, 0.3) is 0 Å². The van der Waals surface area contributed by atoms with Crippen LogP contribution in [0.3, 0.4) is 0 Å². The summed E-state index contributed by atoms with van der Waals surface area (Å²) in [5.74, 6) is 1.20. The lowest BCUT2D eigenvalue weighted by Crippen LogP contribution is -1.88. The molecule has 0 aliphatic rings. The van der Waals surface area contributed by atoms with Gasteiger partial charge in [0.15, 0.2) is 0 Å². The number of thiazole rings is 1. The van der Waals surface area contributed by atoms with Crippen LogP contribution < -0.4 is 0 Å². The third-order valence-electron chi connectivity index (χ3n) is 2.72. The van der Waals surface area contributed by atoms with E-state index in [4.69, 9.17) is 4.52 Å². The van der Waals surface area contributed by atoms with Crippen molar-refractivity contribution in [3.63, 3.8) is 0 Å². The van der Waals surface area contributed by atoms with Gasteiger partial charge >= 0.3 is 0 Å². The fraction of sp³-hybridized carbons (Fsp3) is 0.231. The fourth-order valence-electron chi connectivity index (χ4n) is 1.82. The highest BCUT2D eigenvalue weighted by molar-refractivity contribution is 7.11. The molecule has 0 aromatic carbocycles. The Hall–Kier alpha value is -2.08. The minimum absolute atomic E-state index is 0.594. The summed E-state index contributed by atoms with van der Waals surface area (Å²) in [6, 6.07) is 3.72. The Kier molecular flexibility index (Phi) is 3.08. The van der Waals surface area contributed by atoms with Crippen molar-refractivity contribution in [2.24, 2.45) is 0 Å². The van der Waals surface area contributed by atoms with Crippen molar-refractivity contribution < 1.29 is 4.52 Å². The van der Waals surface area contributed by atoms with Gasteiger partial charge in [-0.25, -0.2) is 4.98 Å². The Balaban J connectivity index is 1.84. The smallest absolute Gasteiger partial charge is 0.232 e. The zero-order chi connectivity index (χ0) is 13.2. The molecule has 0 bridgehead atoms. The second-order valence-electron chi connectivity index (χ2n) is 4.17. The van der Waals surface area contributed by atoms with Crippen LogP contribution in [0.1, 0.15) is 21.5 Å². The number of aromatic nitrogens is 4. The summed E-state index contributed by atoms with van der Waals surface area (Å²) in [6.07, 6.45) is 4.06. The Morgan fingerprint density at radius 3 is 2.63 bits per heavy atom. The van der Waals surface area contributed by atoms with E-state index in [1.54, 1.807) is 23.7 Å². The van der Waals surface area contributed by atoms with Crippen molar-refractivity contribution in [3.8, 4) is 11.4 Å². The van der Waals surface area contributed by atoms with E-state index < -0.39 is 0 Å². The van der Waals surface area contributed by atoms with Gasteiger partial charge in [-0.3, -0.25) is 4.98 Å². The van der Waals surface area contributed by atoms with E-state index in [2.05, 4.69) is 20.1 Å². The van der Waals surface area contributed by atoms with Gasteiger partial charge in [0, 0.05) is 22.8 Å². The molecule has 0 saturated carbocycles. The third-order valence-corrected chi connectivity index (χ3v) is 3.79. The zero-order valence-corrected chi connectivity index (χ0v) is 11.4. The van der Waals surface area contributed by atoms with Crippen LogP contribution in [0.15, 0.2) is 29.0 Å². The molecule has 0 spiro atoms. The summed E-state index contributed by atoms with van der Waals surface area (Å²) in [7, 11) is 0. The van der Waals surface area contributed by atoms with Crippen molar-refractivity contribution >= 4 is 11.3 Å². The minimum Gasteiger partial charge on any atom is -0.339 e. The van der Waals surface area contributed by atoms with E-state index in [0.717, 1.165) is 16.3 Å². The van der Waals surface area contributed by atoms with Crippen LogP contribution in [-0.2, 0) is 6.42 Å².